The molecule has 118 valence electrons. The first-order valence-electron chi connectivity index (χ1n) is 7.55. The normalized spacial score (nSPS) is 11.1. The highest BCUT2D eigenvalue weighted by molar-refractivity contribution is 9.10. The van der Waals surface area contributed by atoms with Crippen molar-refractivity contribution in [2.75, 3.05) is 0 Å². The molecule has 0 aliphatic rings. The Morgan fingerprint density at radius 2 is 1.87 bits per heavy atom. The lowest BCUT2D eigenvalue weighted by Crippen LogP contribution is -2.33. The van der Waals surface area contributed by atoms with Crippen LogP contribution in [0.2, 0.25) is 0 Å². The number of hydrogen-bond acceptors (Lipinski definition) is 2. The Bertz CT molecular complexity index is 837. The van der Waals surface area contributed by atoms with E-state index in [0.717, 1.165) is 26.9 Å². The van der Waals surface area contributed by atoms with E-state index >= 15 is 0 Å². The van der Waals surface area contributed by atoms with Crippen LogP contribution in [0.4, 0.5) is 0 Å². The fourth-order valence-electron chi connectivity index (χ4n) is 2.57. The third-order valence-corrected chi connectivity index (χ3v) is 4.04. The minimum absolute atomic E-state index is 0.0125. The van der Waals surface area contributed by atoms with Crippen molar-refractivity contribution in [3.05, 3.63) is 53.0 Å². The lowest BCUT2D eigenvalue weighted by molar-refractivity contribution is -0.122. The monoisotopic (exact) mass is 371 g/mol. The number of rotatable bonds is 4. The van der Waals surface area contributed by atoms with Gasteiger partial charge in [0, 0.05) is 16.1 Å². The third kappa shape index (κ3) is 3.45. The summed E-state index contributed by atoms with van der Waals surface area (Å²) in [4.78, 5) is 16.9. The SMILES string of the molecule is CC(C)NC(=O)Cn1c(-c2ccc(Br)cc2)nc2ccccc21. The van der Waals surface area contributed by atoms with Gasteiger partial charge in [-0.3, -0.25) is 4.79 Å². The average molecular weight is 372 g/mol. The molecule has 0 radical (unpaired) electrons. The maximum atomic E-state index is 12.2. The number of carbonyl (C=O) groups excluding carboxylic acids is 1. The number of aromatic nitrogens is 2. The second kappa shape index (κ2) is 6.54. The number of nitrogens with one attached hydrogen (secondary N) is 1. The molecule has 23 heavy (non-hydrogen) atoms. The minimum atomic E-state index is -0.0125. The molecule has 0 saturated carbocycles. The lowest BCUT2D eigenvalue weighted by atomic mass is 10.2. The largest absolute Gasteiger partial charge is 0.352 e. The molecule has 0 fully saturated rings. The highest BCUT2D eigenvalue weighted by atomic mass is 79.9. The smallest absolute Gasteiger partial charge is 0.240 e. The van der Waals surface area contributed by atoms with Crippen molar-refractivity contribution >= 4 is 32.9 Å². The molecule has 1 N–H and O–H groups in total. The molecule has 0 spiro atoms. The first kappa shape index (κ1) is 15.7. The summed E-state index contributed by atoms with van der Waals surface area (Å²) < 4.78 is 2.98. The zero-order valence-corrected chi connectivity index (χ0v) is 14.7. The van der Waals surface area contributed by atoms with Crippen LogP contribution in [0, 0.1) is 0 Å². The van der Waals surface area contributed by atoms with E-state index in [2.05, 4.69) is 21.2 Å². The molecule has 0 bridgehead atoms. The van der Waals surface area contributed by atoms with Crippen LogP contribution < -0.4 is 5.32 Å². The quantitative estimate of drug-likeness (QED) is 0.753. The molecule has 1 heterocycles. The molecule has 1 amide bonds. The van der Waals surface area contributed by atoms with Crippen molar-refractivity contribution in [1.29, 1.82) is 0 Å². The van der Waals surface area contributed by atoms with E-state index in [1.165, 1.54) is 0 Å². The van der Waals surface area contributed by atoms with Crippen LogP contribution >= 0.6 is 15.9 Å². The van der Waals surface area contributed by atoms with Gasteiger partial charge in [-0.05, 0) is 38.1 Å². The Balaban J connectivity index is 2.07. The van der Waals surface area contributed by atoms with Crippen LogP contribution in [0.25, 0.3) is 22.4 Å². The predicted octanol–water partition coefficient (Wildman–Crippen LogP) is 3.99. The first-order valence-corrected chi connectivity index (χ1v) is 8.34. The van der Waals surface area contributed by atoms with Gasteiger partial charge in [0.1, 0.15) is 12.4 Å². The number of nitrogens with zero attached hydrogens (tertiary/aromatic N) is 2. The second-order valence-electron chi connectivity index (χ2n) is 5.74. The van der Waals surface area contributed by atoms with E-state index in [1.807, 2.05) is 66.9 Å². The van der Waals surface area contributed by atoms with Gasteiger partial charge in [-0.1, -0.05) is 40.2 Å². The number of amides is 1. The number of hydrogen-bond donors (Lipinski definition) is 1. The molecule has 3 aromatic rings. The van der Waals surface area contributed by atoms with Gasteiger partial charge >= 0.3 is 0 Å². The Hall–Kier alpha value is -2.14. The molecule has 3 rings (SSSR count). The summed E-state index contributed by atoms with van der Waals surface area (Å²) in [5.41, 5.74) is 2.84. The van der Waals surface area contributed by atoms with Crippen LogP contribution in [0.15, 0.2) is 53.0 Å². The predicted molar refractivity (Wildman–Crippen MR) is 96.1 cm³/mol. The Kier molecular flexibility index (Phi) is 4.48. The van der Waals surface area contributed by atoms with Crippen molar-refractivity contribution in [3.8, 4) is 11.4 Å². The highest BCUT2D eigenvalue weighted by Crippen LogP contribution is 2.26. The summed E-state index contributed by atoms with van der Waals surface area (Å²) in [6.45, 7) is 4.17. The molecule has 2 aromatic carbocycles. The molecule has 1 aromatic heterocycles. The summed E-state index contributed by atoms with van der Waals surface area (Å²) in [5.74, 6) is 0.791. The van der Waals surface area contributed by atoms with Gasteiger partial charge in [0.25, 0.3) is 0 Å². The van der Waals surface area contributed by atoms with Gasteiger partial charge in [0.15, 0.2) is 0 Å². The zero-order valence-electron chi connectivity index (χ0n) is 13.1. The van der Waals surface area contributed by atoms with Crippen LogP contribution in [-0.4, -0.2) is 21.5 Å². The van der Waals surface area contributed by atoms with Crippen LogP contribution in [-0.2, 0) is 11.3 Å². The van der Waals surface area contributed by atoms with Gasteiger partial charge in [-0.25, -0.2) is 4.98 Å². The topological polar surface area (TPSA) is 46.9 Å². The van der Waals surface area contributed by atoms with E-state index in [4.69, 9.17) is 4.98 Å². The van der Waals surface area contributed by atoms with E-state index in [0.29, 0.717) is 0 Å². The van der Waals surface area contributed by atoms with Gasteiger partial charge in [-0.2, -0.15) is 0 Å². The summed E-state index contributed by atoms with van der Waals surface area (Å²) in [7, 11) is 0. The number of benzene rings is 2. The van der Waals surface area contributed by atoms with Gasteiger partial charge in [0.2, 0.25) is 5.91 Å². The summed E-state index contributed by atoms with van der Waals surface area (Å²) in [5, 5.41) is 2.94. The van der Waals surface area contributed by atoms with Gasteiger partial charge in [-0.15, -0.1) is 0 Å². The van der Waals surface area contributed by atoms with Crippen molar-refractivity contribution in [1.82, 2.24) is 14.9 Å². The van der Waals surface area contributed by atoms with E-state index in [9.17, 15) is 4.79 Å². The zero-order chi connectivity index (χ0) is 16.4. The summed E-state index contributed by atoms with van der Waals surface area (Å²) in [6.07, 6.45) is 0. The lowest BCUT2D eigenvalue weighted by Gasteiger charge is -2.12. The summed E-state index contributed by atoms with van der Waals surface area (Å²) in [6, 6.07) is 16.0. The second-order valence-corrected chi connectivity index (χ2v) is 6.66. The maximum absolute atomic E-state index is 12.2. The minimum Gasteiger partial charge on any atom is -0.352 e. The number of carbonyl (C=O) groups is 1. The molecule has 5 heteroatoms. The first-order chi connectivity index (χ1) is 11.0. The fraction of sp³-hybridized carbons (Fsp3) is 0.222. The van der Waals surface area contributed by atoms with Crippen LogP contribution in [0.5, 0.6) is 0 Å². The van der Waals surface area contributed by atoms with E-state index in [1.54, 1.807) is 0 Å². The highest BCUT2D eigenvalue weighted by Gasteiger charge is 2.15. The molecule has 0 saturated heterocycles. The Morgan fingerprint density at radius 3 is 2.57 bits per heavy atom. The molecular weight excluding hydrogens is 354 g/mol. The number of halogens is 1. The van der Waals surface area contributed by atoms with Crippen LogP contribution in [0.3, 0.4) is 0 Å². The molecular formula is C18H18BrN3O. The molecule has 0 aliphatic heterocycles. The van der Waals surface area contributed by atoms with Crippen molar-refractivity contribution in [3.63, 3.8) is 0 Å². The van der Waals surface area contributed by atoms with Crippen molar-refractivity contribution in [2.24, 2.45) is 0 Å². The van der Waals surface area contributed by atoms with E-state index in [-0.39, 0.29) is 18.5 Å². The van der Waals surface area contributed by atoms with Crippen LogP contribution in [0.1, 0.15) is 13.8 Å². The Labute approximate surface area is 143 Å². The summed E-state index contributed by atoms with van der Waals surface area (Å²) >= 11 is 3.45. The average Bonchev–Trinajstić information content (AvgIpc) is 2.86. The molecule has 0 aliphatic carbocycles. The van der Waals surface area contributed by atoms with Gasteiger partial charge < -0.3 is 9.88 Å². The third-order valence-electron chi connectivity index (χ3n) is 3.51. The van der Waals surface area contributed by atoms with Gasteiger partial charge in [0.05, 0.1) is 11.0 Å². The number of imidazole rings is 1. The van der Waals surface area contributed by atoms with E-state index < -0.39 is 0 Å². The maximum Gasteiger partial charge on any atom is 0.240 e. The number of para-hydroxylation sites is 2. The Morgan fingerprint density at radius 1 is 1.17 bits per heavy atom. The fourth-order valence-corrected chi connectivity index (χ4v) is 2.83. The number of fused-ring (bicyclic) bond motifs is 1. The van der Waals surface area contributed by atoms with Crippen molar-refractivity contribution in [2.45, 2.75) is 26.4 Å². The standard InChI is InChI=1S/C18H18BrN3O/c1-12(2)20-17(23)11-22-16-6-4-3-5-15(16)21-18(22)13-7-9-14(19)10-8-13/h3-10,12H,11H2,1-2H3,(H,20,23). The molecule has 0 atom stereocenters. The van der Waals surface area contributed by atoms with Crippen molar-refractivity contribution < 1.29 is 4.79 Å². The molecule has 0 unspecified atom stereocenters. The molecule has 4 nitrogen and oxygen atoms in total.